The molecule has 1 saturated heterocycles. The molecular weight excluding hydrogens is 399 g/mol. The molecule has 9 heteroatoms. The van der Waals surface area contributed by atoms with Gasteiger partial charge in [-0.25, -0.2) is 9.07 Å². The molecule has 2 amide bonds. The zero-order chi connectivity index (χ0) is 20.5. The summed E-state index contributed by atoms with van der Waals surface area (Å²) in [6, 6.07) is 8.98. The largest absolute Gasteiger partial charge is 0.459 e. The molecule has 1 aromatic carbocycles. The lowest BCUT2D eigenvalue weighted by molar-refractivity contribution is 0.0518. The van der Waals surface area contributed by atoms with E-state index < -0.39 is 0 Å². The van der Waals surface area contributed by atoms with E-state index in [-0.39, 0.29) is 28.5 Å². The van der Waals surface area contributed by atoms with Gasteiger partial charge < -0.3 is 14.2 Å². The third-order valence-corrected chi connectivity index (χ3v) is 5.22. The summed E-state index contributed by atoms with van der Waals surface area (Å²) in [5, 5.41) is 4.52. The van der Waals surface area contributed by atoms with Crippen LogP contribution in [0.25, 0.3) is 5.69 Å². The Morgan fingerprint density at radius 2 is 1.66 bits per heavy atom. The standard InChI is InChI=1S/C20H18ClFN4O3/c1-13-17(18(21)26(23-13)15-6-4-14(22)5-7-15)20(28)25-10-8-24(9-11-25)19(27)16-3-2-12-29-16/h2-7,12H,8-11H2,1H3. The van der Waals surface area contributed by atoms with Gasteiger partial charge in [-0.15, -0.1) is 0 Å². The first-order chi connectivity index (χ1) is 14.0. The predicted molar refractivity (Wildman–Crippen MR) is 104 cm³/mol. The maximum absolute atomic E-state index is 13.2. The second-order valence-electron chi connectivity index (χ2n) is 6.70. The third kappa shape index (κ3) is 3.63. The van der Waals surface area contributed by atoms with Gasteiger partial charge in [-0.05, 0) is 43.3 Å². The van der Waals surface area contributed by atoms with Gasteiger partial charge in [-0.3, -0.25) is 9.59 Å². The molecule has 0 radical (unpaired) electrons. The average Bonchev–Trinajstić information content (AvgIpc) is 3.36. The van der Waals surface area contributed by atoms with Gasteiger partial charge in [0.25, 0.3) is 11.8 Å². The number of nitrogens with zero attached hydrogens (tertiary/aromatic N) is 4. The van der Waals surface area contributed by atoms with Crippen molar-refractivity contribution in [2.75, 3.05) is 26.2 Å². The van der Waals surface area contributed by atoms with Crippen LogP contribution < -0.4 is 0 Å². The molecule has 0 atom stereocenters. The Bertz CT molecular complexity index is 1040. The molecule has 1 aliphatic rings. The van der Waals surface area contributed by atoms with Gasteiger partial charge in [-0.1, -0.05) is 11.6 Å². The number of rotatable bonds is 3. The normalized spacial score (nSPS) is 14.3. The fourth-order valence-corrected chi connectivity index (χ4v) is 3.68. The van der Waals surface area contributed by atoms with Crippen LogP contribution in [0.15, 0.2) is 47.1 Å². The Kier molecular flexibility index (Phi) is 5.10. The van der Waals surface area contributed by atoms with E-state index in [1.165, 1.54) is 23.1 Å². The summed E-state index contributed by atoms with van der Waals surface area (Å²) < 4.78 is 19.7. The van der Waals surface area contributed by atoms with Gasteiger partial charge in [0.15, 0.2) is 5.76 Å². The molecule has 7 nitrogen and oxygen atoms in total. The second-order valence-corrected chi connectivity index (χ2v) is 7.06. The number of halogens is 2. The second kappa shape index (κ2) is 7.71. The van der Waals surface area contributed by atoms with Crippen molar-refractivity contribution in [2.24, 2.45) is 0 Å². The van der Waals surface area contributed by atoms with Crippen molar-refractivity contribution < 1.29 is 18.4 Å². The first-order valence-corrected chi connectivity index (χ1v) is 9.46. The molecule has 0 unspecified atom stereocenters. The van der Waals surface area contributed by atoms with Gasteiger partial charge in [0.1, 0.15) is 11.0 Å². The van der Waals surface area contributed by atoms with Crippen LogP contribution in [0.4, 0.5) is 4.39 Å². The van der Waals surface area contributed by atoms with Crippen LogP contribution in [0.2, 0.25) is 5.15 Å². The van der Waals surface area contributed by atoms with E-state index in [4.69, 9.17) is 16.0 Å². The molecule has 0 saturated carbocycles. The van der Waals surface area contributed by atoms with Crippen molar-refractivity contribution in [3.05, 3.63) is 70.6 Å². The molecule has 29 heavy (non-hydrogen) atoms. The van der Waals surface area contributed by atoms with Crippen molar-refractivity contribution in [1.29, 1.82) is 0 Å². The fraction of sp³-hybridized carbons (Fsp3) is 0.250. The molecule has 0 bridgehead atoms. The van der Waals surface area contributed by atoms with E-state index >= 15 is 0 Å². The van der Waals surface area contributed by atoms with Crippen LogP contribution in [-0.2, 0) is 0 Å². The lowest BCUT2D eigenvalue weighted by Gasteiger charge is -2.34. The summed E-state index contributed by atoms with van der Waals surface area (Å²) in [6.45, 7) is 3.25. The van der Waals surface area contributed by atoms with Crippen LogP contribution >= 0.6 is 11.6 Å². The van der Waals surface area contributed by atoms with Crippen molar-refractivity contribution in [3.8, 4) is 5.69 Å². The first kappa shape index (κ1) is 19.2. The number of hydrogen-bond acceptors (Lipinski definition) is 4. The zero-order valence-electron chi connectivity index (χ0n) is 15.6. The Balaban J connectivity index is 1.49. The Labute approximate surface area is 171 Å². The van der Waals surface area contributed by atoms with Crippen LogP contribution in [0.3, 0.4) is 0 Å². The van der Waals surface area contributed by atoms with E-state index in [1.807, 2.05) is 0 Å². The summed E-state index contributed by atoms with van der Waals surface area (Å²) in [5.74, 6) is -0.525. The molecule has 3 heterocycles. The highest BCUT2D eigenvalue weighted by atomic mass is 35.5. The highest BCUT2D eigenvalue weighted by molar-refractivity contribution is 6.33. The SMILES string of the molecule is Cc1nn(-c2ccc(F)cc2)c(Cl)c1C(=O)N1CCN(C(=O)c2ccco2)CC1. The van der Waals surface area contributed by atoms with Crippen LogP contribution in [0.1, 0.15) is 26.6 Å². The maximum atomic E-state index is 13.2. The molecule has 0 aliphatic carbocycles. The molecule has 3 aromatic rings. The van der Waals surface area contributed by atoms with Gasteiger partial charge in [-0.2, -0.15) is 5.10 Å². The van der Waals surface area contributed by atoms with E-state index in [9.17, 15) is 14.0 Å². The summed E-state index contributed by atoms with van der Waals surface area (Å²) >= 11 is 6.45. The van der Waals surface area contributed by atoms with Gasteiger partial charge in [0, 0.05) is 26.2 Å². The highest BCUT2D eigenvalue weighted by Gasteiger charge is 2.30. The molecule has 2 aromatic heterocycles. The summed E-state index contributed by atoms with van der Waals surface area (Å²) in [4.78, 5) is 28.7. The van der Waals surface area contributed by atoms with Crippen LogP contribution in [0.5, 0.6) is 0 Å². The minimum absolute atomic E-state index is 0.174. The van der Waals surface area contributed by atoms with Crippen molar-refractivity contribution in [3.63, 3.8) is 0 Å². The summed E-state index contributed by atoms with van der Waals surface area (Å²) in [5.41, 5.74) is 1.35. The quantitative estimate of drug-likeness (QED) is 0.657. The Morgan fingerprint density at radius 3 is 2.24 bits per heavy atom. The minimum atomic E-state index is -0.369. The number of carbonyl (C=O) groups excluding carboxylic acids is 2. The van der Waals surface area contributed by atoms with Gasteiger partial charge >= 0.3 is 0 Å². The minimum Gasteiger partial charge on any atom is -0.459 e. The van der Waals surface area contributed by atoms with Gasteiger partial charge in [0.05, 0.1) is 23.2 Å². The number of piperazine rings is 1. The van der Waals surface area contributed by atoms with Crippen LogP contribution in [-0.4, -0.2) is 57.6 Å². The average molecular weight is 417 g/mol. The number of aromatic nitrogens is 2. The van der Waals surface area contributed by atoms with Gasteiger partial charge in [0.2, 0.25) is 0 Å². The maximum Gasteiger partial charge on any atom is 0.289 e. The Morgan fingerprint density at radius 1 is 1.03 bits per heavy atom. The molecule has 4 rings (SSSR count). The molecule has 1 fully saturated rings. The Hall–Kier alpha value is -3.13. The number of benzene rings is 1. The number of amides is 2. The smallest absolute Gasteiger partial charge is 0.289 e. The van der Waals surface area contributed by atoms with E-state index in [2.05, 4.69) is 5.10 Å². The van der Waals surface area contributed by atoms with E-state index in [0.717, 1.165) is 0 Å². The van der Waals surface area contributed by atoms with E-state index in [1.54, 1.807) is 41.0 Å². The molecule has 0 N–H and O–H groups in total. The van der Waals surface area contributed by atoms with E-state index in [0.29, 0.717) is 43.1 Å². The van der Waals surface area contributed by atoms with Crippen molar-refractivity contribution >= 4 is 23.4 Å². The molecule has 1 aliphatic heterocycles. The lowest BCUT2D eigenvalue weighted by atomic mass is 10.2. The summed E-state index contributed by atoms with van der Waals surface area (Å²) in [6.07, 6.45) is 1.45. The van der Waals surface area contributed by atoms with Crippen molar-refractivity contribution in [2.45, 2.75) is 6.92 Å². The fourth-order valence-electron chi connectivity index (χ4n) is 3.32. The topological polar surface area (TPSA) is 71.6 Å². The molecule has 150 valence electrons. The molecular formula is C20H18ClFN4O3. The third-order valence-electron chi connectivity index (χ3n) is 4.88. The zero-order valence-corrected chi connectivity index (χ0v) is 16.4. The number of hydrogen-bond donors (Lipinski definition) is 0. The highest BCUT2D eigenvalue weighted by Crippen LogP contribution is 2.25. The number of carbonyl (C=O) groups is 2. The number of aryl methyl sites for hydroxylation is 1. The predicted octanol–water partition coefficient (Wildman–Crippen LogP) is 3.16. The number of furan rings is 1. The lowest BCUT2D eigenvalue weighted by Crippen LogP contribution is -2.50. The monoisotopic (exact) mass is 416 g/mol. The first-order valence-electron chi connectivity index (χ1n) is 9.09. The van der Waals surface area contributed by atoms with Crippen LogP contribution in [0, 0.1) is 12.7 Å². The van der Waals surface area contributed by atoms with Crippen molar-refractivity contribution in [1.82, 2.24) is 19.6 Å². The molecule has 0 spiro atoms. The summed E-state index contributed by atoms with van der Waals surface area (Å²) in [7, 11) is 0.